The maximum atomic E-state index is 11.3. The zero-order chi connectivity index (χ0) is 12.7. The summed E-state index contributed by atoms with van der Waals surface area (Å²) in [5.41, 5.74) is 0.330. The molecule has 1 aromatic heterocycles. The van der Waals surface area contributed by atoms with Crippen molar-refractivity contribution >= 4 is 23.5 Å². The molecule has 0 spiro atoms. The smallest absolute Gasteiger partial charge is 0.271 e. The minimum atomic E-state index is -0.222. The fourth-order valence-corrected chi connectivity index (χ4v) is 2.05. The summed E-state index contributed by atoms with van der Waals surface area (Å²) in [6.45, 7) is 2.13. The molecule has 0 aliphatic carbocycles. The molecular weight excluding hydrogens is 236 g/mol. The van der Waals surface area contributed by atoms with Gasteiger partial charge in [0.05, 0.1) is 0 Å². The fraction of sp³-hybridized carbons (Fsp3) is 0.545. The zero-order valence-electron chi connectivity index (χ0n) is 10.4. The van der Waals surface area contributed by atoms with Crippen LogP contribution in [0.3, 0.4) is 0 Å². The Labute approximate surface area is 106 Å². The Bertz CT molecular complexity index is 355. The van der Waals surface area contributed by atoms with Crippen LogP contribution in [0.4, 0.5) is 5.82 Å². The second-order valence-corrected chi connectivity index (χ2v) is 4.50. The Hall–Kier alpha value is -1.30. The third-order valence-corrected chi connectivity index (χ3v) is 3.07. The molecule has 0 bridgehead atoms. The van der Waals surface area contributed by atoms with Gasteiger partial charge in [-0.15, -0.1) is 10.2 Å². The molecule has 0 aromatic carbocycles. The number of nitrogens with zero attached hydrogens (tertiary/aromatic N) is 2. The van der Waals surface area contributed by atoms with E-state index in [0.29, 0.717) is 17.6 Å². The van der Waals surface area contributed by atoms with Gasteiger partial charge in [0.1, 0.15) is 5.82 Å². The molecule has 0 aliphatic rings. The third-order valence-electron chi connectivity index (χ3n) is 2.34. The number of hydrogen-bond acceptors (Lipinski definition) is 5. The van der Waals surface area contributed by atoms with Crippen LogP contribution < -0.4 is 10.6 Å². The second kappa shape index (κ2) is 7.11. The summed E-state index contributed by atoms with van der Waals surface area (Å²) in [5.74, 6) is 1.51. The lowest BCUT2D eigenvalue weighted by Gasteiger charge is -2.15. The van der Waals surface area contributed by atoms with Crippen LogP contribution in [0.15, 0.2) is 12.1 Å². The van der Waals surface area contributed by atoms with E-state index in [4.69, 9.17) is 0 Å². The molecule has 17 heavy (non-hydrogen) atoms. The molecule has 0 aliphatic heterocycles. The Morgan fingerprint density at radius 2 is 2.24 bits per heavy atom. The Balaban J connectivity index is 2.64. The molecule has 0 saturated heterocycles. The van der Waals surface area contributed by atoms with E-state index in [1.807, 2.05) is 0 Å². The number of carbonyl (C=O) groups is 1. The maximum Gasteiger partial charge on any atom is 0.271 e. The summed E-state index contributed by atoms with van der Waals surface area (Å²) < 4.78 is 0. The van der Waals surface area contributed by atoms with Gasteiger partial charge < -0.3 is 10.6 Å². The number of rotatable bonds is 6. The maximum absolute atomic E-state index is 11.3. The van der Waals surface area contributed by atoms with E-state index in [9.17, 15) is 4.79 Å². The van der Waals surface area contributed by atoms with Crippen LogP contribution in [-0.2, 0) is 0 Å². The van der Waals surface area contributed by atoms with Crippen LogP contribution in [0.25, 0.3) is 0 Å². The Morgan fingerprint density at radius 3 is 2.71 bits per heavy atom. The molecule has 0 fully saturated rings. The van der Waals surface area contributed by atoms with Crippen molar-refractivity contribution in [3.05, 3.63) is 17.8 Å². The molecular formula is C11H18N4OS. The molecule has 1 atom stereocenters. The summed E-state index contributed by atoms with van der Waals surface area (Å²) in [4.78, 5) is 11.3. The summed E-state index contributed by atoms with van der Waals surface area (Å²) >= 11 is 1.79. The molecule has 1 rings (SSSR count). The summed E-state index contributed by atoms with van der Waals surface area (Å²) in [6.07, 6.45) is 3.10. The number of aromatic nitrogens is 2. The Morgan fingerprint density at radius 1 is 1.47 bits per heavy atom. The summed E-state index contributed by atoms with van der Waals surface area (Å²) in [7, 11) is 1.57. The SMILES string of the molecule is CCC(CSC)Nc1ccc(C(=O)NC)nn1. The molecule has 6 heteroatoms. The van der Waals surface area contributed by atoms with Crippen molar-refractivity contribution in [3.8, 4) is 0 Å². The van der Waals surface area contributed by atoms with E-state index in [0.717, 1.165) is 12.2 Å². The van der Waals surface area contributed by atoms with E-state index >= 15 is 0 Å². The number of thioether (sulfide) groups is 1. The molecule has 1 heterocycles. The standard InChI is InChI=1S/C11H18N4OS/c1-4-8(7-17-3)13-10-6-5-9(14-15-10)11(16)12-2/h5-6,8H,4,7H2,1-3H3,(H,12,16)(H,13,15). The minimum absolute atomic E-state index is 0.222. The van der Waals surface area contributed by atoms with Gasteiger partial charge in [0.2, 0.25) is 0 Å². The van der Waals surface area contributed by atoms with Crippen LogP contribution in [0.1, 0.15) is 23.8 Å². The van der Waals surface area contributed by atoms with Crippen LogP contribution >= 0.6 is 11.8 Å². The van der Waals surface area contributed by atoms with Gasteiger partial charge in [0, 0.05) is 18.8 Å². The lowest BCUT2D eigenvalue weighted by molar-refractivity contribution is 0.0957. The van der Waals surface area contributed by atoms with E-state index in [1.54, 1.807) is 30.9 Å². The lowest BCUT2D eigenvalue weighted by atomic mass is 10.2. The predicted octanol–water partition coefficient (Wildman–Crippen LogP) is 1.39. The van der Waals surface area contributed by atoms with E-state index < -0.39 is 0 Å². The predicted molar refractivity (Wildman–Crippen MR) is 71.5 cm³/mol. The van der Waals surface area contributed by atoms with Gasteiger partial charge in [0.25, 0.3) is 5.91 Å². The van der Waals surface area contributed by atoms with Crippen molar-refractivity contribution in [2.75, 3.05) is 24.4 Å². The first kappa shape index (κ1) is 13.8. The number of nitrogens with one attached hydrogen (secondary N) is 2. The molecule has 1 amide bonds. The highest BCUT2D eigenvalue weighted by Crippen LogP contribution is 2.09. The number of anilines is 1. The largest absolute Gasteiger partial charge is 0.365 e. The highest BCUT2D eigenvalue weighted by molar-refractivity contribution is 7.98. The molecule has 1 unspecified atom stereocenters. The number of carbonyl (C=O) groups excluding carboxylic acids is 1. The van der Waals surface area contributed by atoms with Crippen molar-refractivity contribution in [1.82, 2.24) is 15.5 Å². The zero-order valence-corrected chi connectivity index (χ0v) is 11.2. The monoisotopic (exact) mass is 254 g/mol. The first-order valence-corrected chi connectivity index (χ1v) is 6.92. The number of hydrogen-bond donors (Lipinski definition) is 2. The van der Waals surface area contributed by atoms with Crippen LogP contribution in [0.2, 0.25) is 0 Å². The molecule has 0 radical (unpaired) electrons. The molecule has 5 nitrogen and oxygen atoms in total. The number of amides is 1. The van der Waals surface area contributed by atoms with Gasteiger partial charge in [-0.1, -0.05) is 6.92 Å². The minimum Gasteiger partial charge on any atom is -0.365 e. The van der Waals surface area contributed by atoms with Gasteiger partial charge in [-0.2, -0.15) is 11.8 Å². The summed E-state index contributed by atoms with van der Waals surface area (Å²) in [6, 6.07) is 3.82. The van der Waals surface area contributed by atoms with Crippen LogP contribution in [0.5, 0.6) is 0 Å². The first-order valence-electron chi connectivity index (χ1n) is 5.52. The molecule has 0 saturated carbocycles. The fourth-order valence-electron chi connectivity index (χ4n) is 1.33. The Kier molecular flexibility index (Phi) is 5.76. The van der Waals surface area contributed by atoms with Gasteiger partial charge >= 0.3 is 0 Å². The van der Waals surface area contributed by atoms with E-state index in [-0.39, 0.29) is 5.91 Å². The highest BCUT2D eigenvalue weighted by Gasteiger charge is 2.08. The van der Waals surface area contributed by atoms with Gasteiger partial charge in [-0.05, 0) is 24.8 Å². The van der Waals surface area contributed by atoms with Crippen LogP contribution in [0, 0.1) is 0 Å². The van der Waals surface area contributed by atoms with Crippen molar-refractivity contribution < 1.29 is 4.79 Å². The van der Waals surface area contributed by atoms with Gasteiger partial charge in [-0.25, -0.2) is 0 Å². The lowest BCUT2D eigenvalue weighted by Crippen LogP contribution is -2.23. The topological polar surface area (TPSA) is 66.9 Å². The molecule has 94 valence electrons. The van der Waals surface area contributed by atoms with E-state index in [2.05, 4.69) is 34.0 Å². The molecule has 1 aromatic rings. The van der Waals surface area contributed by atoms with Crippen molar-refractivity contribution in [2.45, 2.75) is 19.4 Å². The van der Waals surface area contributed by atoms with E-state index in [1.165, 1.54) is 0 Å². The van der Waals surface area contributed by atoms with Crippen LogP contribution in [-0.4, -0.2) is 41.2 Å². The average molecular weight is 254 g/mol. The van der Waals surface area contributed by atoms with Gasteiger partial charge in [0.15, 0.2) is 5.69 Å². The quantitative estimate of drug-likeness (QED) is 0.803. The van der Waals surface area contributed by atoms with Crippen molar-refractivity contribution in [1.29, 1.82) is 0 Å². The van der Waals surface area contributed by atoms with Gasteiger partial charge in [-0.3, -0.25) is 4.79 Å². The summed E-state index contributed by atoms with van der Waals surface area (Å²) in [5, 5.41) is 13.6. The van der Waals surface area contributed by atoms with Crippen molar-refractivity contribution in [3.63, 3.8) is 0 Å². The normalized spacial score (nSPS) is 11.9. The highest BCUT2D eigenvalue weighted by atomic mass is 32.2. The third kappa shape index (κ3) is 4.22. The first-order chi connectivity index (χ1) is 8.21. The van der Waals surface area contributed by atoms with Crippen molar-refractivity contribution in [2.24, 2.45) is 0 Å². The second-order valence-electron chi connectivity index (χ2n) is 3.59. The molecule has 2 N–H and O–H groups in total. The average Bonchev–Trinajstić information content (AvgIpc) is 2.38.